The Kier molecular flexibility index (Phi) is 2.80. The molecule has 0 bridgehead atoms. The maximum absolute atomic E-state index is 12.4. The molecule has 0 amide bonds. The van der Waals surface area contributed by atoms with E-state index in [9.17, 15) is 4.79 Å². The molecule has 1 saturated carbocycles. The van der Waals surface area contributed by atoms with Crippen molar-refractivity contribution in [2.45, 2.75) is 66.0 Å². The molecular weight excluding hydrogens is 186 g/mol. The Balaban J connectivity index is 2.85. The van der Waals surface area contributed by atoms with E-state index >= 15 is 0 Å². The molecule has 1 aliphatic carbocycles. The maximum Gasteiger partial charge on any atom is 0.158 e. The third-order valence-corrected chi connectivity index (χ3v) is 2.99. The fourth-order valence-corrected chi connectivity index (χ4v) is 2.31. The molecule has 1 N–H and O–H groups in total. The number of ketones is 1. The molecule has 0 spiro atoms. The van der Waals surface area contributed by atoms with Gasteiger partial charge >= 0.3 is 0 Å². The van der Waals surface area contributed by atoms with E-state index in [0.717, 1.165) is 6.42 Å². The molecule has 0 unspecified atom stereocenters. The van der Waals surface area contributed by atoms with Crippen molar-refractivity contribution in [1.29, 1.82) is 0 Å². The number of rotatable bonds is 2. The van der Waals surface area contributed by atoms with Crippen LogP contribution in [0.3, 0.4) is 0 Å². The Morgan fingerprint density at radius 3 is 1.80 bits per heavy atom. The predicted octanol–water partition coefficient (Wildman–Crippen LogP) is 2.77. The van der Waals surface area contributed by atoms with Crippen LogP contribution >= 0.6 is 0 Å². The lowest BCUT2D eigenvalue weighted by molar-refractivity contribution is -0.130. The summed E-state index contributed by atoms with van der Waals surface area (Å²) in [6, 6.07) is 0. The second-order valence-electron chi connectivity index (χ2n) is 7.03. The van der Waals surface area contributed by atoms with Crippen LogP contribution in [0.5, 0.6) is 0 Å². The number of carbonyl (C=O) groups excluding carboxylic acids is 1. The summed E-state index contributed by atoms with van der Waals surface area (Å²) in [5.74, 6) is 0.834. The second-order valence-corrected chi connectivity index (χ2v) is 7.03. The molecule has 0 aromatic heterocycles. The van der Waals surface area contributed by atoms with Crippen molar-refractivity contribution in [1.82, 2.24) is 5.32 Å². The molecule has 2 atom stereocenters. The molecule has 0 heterocycles. The van der Waals surface area contributed by atoms with Crippen molar-refractivity contribution in [2.75, 3.05) is 0 Å². The average Bonchev–Trinajstić information content (AvgIpc) is 2.55. The largest absolute Gasteiger partial charge is 0.300 e. The standard InChI is InChI=1S/C13H25NO/c1-9-8-13(9,14-12(5,6)7)10(15)11(2,3)4/h9,14H,8H2,1-7H3/t9-,13-/m1/s1. The van der Waals surface area contributed by atoms with Crippen LogP contribution in [0, 0.1) is 11.3 Å². The summed E-state index contributed by atoms with van der Waals surface area (Å²) >= 11 is 0. The molecule has 1 fully saturated rings. The summed E-state index contributed by atoms with van der Waals surface area (Å²) < 4.78 is 0. The summed E-state index contributed by atoms with van der Waals surface area (Å²) in [7, 11) is 0. The van der Waals surface area contributed by atoms with E-state index in [4.69, 9.17) is 0 Å². The zero-order valence-electron chi connectivity index (χ0n) is 11.2. The zero-order chi connectivity index (χ0) is 12.1. The van der Waals surface area contributed by atoms with Crippen LogP contribution in [0.25, 0.3) is 0 Å². The SMILES string of the molecule is C[C@@H]1C[C@]1(NC(C)(C)C)C(=O)C(C)(C)C. The van der Waals surface area contributed by atoms with Gasteiger partial charge in [-0.3, -0.25) is 10.1 Å². The Morgan fingerprint density at radius 2 is 1.60 bits per heavy atom. The van der Waals surface area contributed by atoms with Crippen LogP contribution in [0.15, 0.2) is 0 Å². The van der Waals surface area contributed by atoms with Crippen molar-refractivity contribution in [3.63, 3.8) is 0 Å². The first-order chi connectivity index (χ1) is 6.49. The van der Waals surface area contributed by atoms with E-state index in [1.54, 1.807) is 0 Å². The van der Waals surface area contributed by atoms with Crippen LogP contribution in [0.1, 0.15) is 54.9 Å². The highest BCUT2D eigenvalue weighted by Crippen LogP contribution is 2.48. The van der Waals surface area contributed by atoms with E-state index in [1.165, 1.54) is 0 Å². The molecule has 88 valence electrons. The quantitative estimate of drug-likeness (QED) is 0.761. The number of hydrogen-bond donors (Lipinski definition) is 1. The Morgan fingerprint density at radius 1 is 1.20 bits per heavy atom. The molecule has 1 aliphatic rings. The molecule has 0 aromatic rings. The number of carbonyl (C=O) groups is 1. The summed E-state index contributed by atoms with van der Waals surface area (Å²) in [5, 5.41) is 3.51. The van der Waals surface area contributed by atoms with Gasteiger partial charge in [0.2, 0.25) is 0 Å². The van der Waals surface area contributed by atoms with Crippen molar-refractivity contribution in [2.24, 2.45) is 11.3 Å². The summed E-state index contributed by atoms with van der Waals surface area (Å²) in [6.07, 6.45) is 0.986. The Bertz CT molecular complexity index is 269. The summed E-state index contributed by atoms with van der Waals surface area (Å²) in [6.45, 7) is 14.5. The molecule has 0 aliphatic heterocycles. The third kappa shape index (κ3) is 2.60. The first-order valence-corrected chi connectivity index (χ1v) is 5.83. The first-order valence-electron chi connectivity index (χ1n) is 5.83. The topological polar surface area (TPSA) is 29.1 Å². The molecule has 15 heavy (non-hydrogen) atoms. The predicted molar refractivity (Wildman–Crippen MR) is 63.9 cm³/mol. The highest BCUT2D eigenvalue weighted by atomic mass is 16.1. The van der Waals surface area contributed by atoms with E-state index in [1.807, 2.05) is 20.8 Å². The highest BCUT2D eigenvalue weighted by molar-refractivity contribution is 5.96. The van der Waals surface area contributed by atoms with Gasteiger partial charge in [0.15, 0.2) is 5.78 Å². The Labute approximate surface area is 93.8 Å². The van der Waals surface area contributed by atoms with E-state index in [2.05, 4.69) is 33.0 Å². The van der Waals surface area contributed by atoms with Gasteiger partial charge in [-0.15, -0.1) is 0 Å². The minimum atomic E-state index is -0.253. The van der Waals surface area contributed by atoms with Crippen LogP contribution in [0.4, 0.5) is 0 Å². The zero-order valence-corrected chi connectivity index (χ0v) is 11.2. The van der Waals surface area contributed by atoms with Crippen LogP contribution in [0.2, 0.25) is 0 Å². The number of Topliss-reactive ketones (excluding diaryl/α,β-unsaturated/α-hetero) is 1. The van der Waals surface area contributed by atoms with Gasteiger partial charge in [0.25, 0.3) is 0 Å². The lowest BCUT2D eigenvalue weighted by atomic mass is 9.83. The average molecular weight is 211 g/mol. The van der Waals surface area contributed by atoms with Crippen molar-refractivity contribution >= 4 is 5.78 Å². The van der Waals surface area contributed by atoms with Gasteiger partial charge in [0.05, 0.1) is 5.54 Å². The lowest BCUT2D eigenvalue weighted by Gasteiger charge is -2.32. The maximum atomic E-state index is 12.4. The third-order valence-electron chi connectivity index (χ3n) is 2.99. The van der Waals surface area contributed by atoms with E-state index < -0.39 is 0 Å². The van der Waals surface area contributed by atoms with Gasteiger partial charge in [-0.25, -0.2) is 0 Å². The molecular formula is C13H25NO. The summed E-state index contributed by atoms with van der Waals surface area (Å²) in [5.41, 5.74) is -0.495. The molecule has 2 nitrogen and oxygen atoms in total. The minimum Gasteiger partial charge on any atom is -0.300 e. The van der Waals surface area contributed by atoms with Crippen LogP contribution < -0.4 is 5.32 Å². The molecule has 1 rings (SSSR count). The van der Waals surface area contributed by atoms with Crippen LogP contribution in [-0.2, 0) is 4.79 Å². The Hall–Kier alpha value is -0.370. The molecule has 0 saturated heterocycles. The van der Waals surface area contributed by atoms with Gasteiger partial charge in [0.1, 0.15) is 0 Å². The molecule has 0 aromatic carbocycles. The first kappa shape index (κ1) is 12.7. The van der Waals surface area contributed by atoms with Gasteiger partial charge in [-0.2, -0.15) is 0 Å². The van der Waals surface area contributed by atoms with Crippen molar-refractivity contribution in [3.8, 4) is 0 Å². The normalized spacial score (nSPS) is 31.5. The molecule has 0 radical (unpaired) electrons. The van der Waals surface area contributed by atoms with E-state index in [0.29, 0.717) is 11.7 Å². The summed E-state index contributed by atoms with van der Waals surface area (Å²) in [4.78, 5) is 12.4. The second kappa shape index (κ2) is 3.31. The van der Waals surface area contributed by atoms with Gasteiger partial charge in [0, 0.05) is 11.0 Å². The lowest BCUT2D eigenvalue weighted by Crippen LogP contribution is -2.54. The monoisotopic (exact) mass is 211 g/mol. The fourth-order valence-electron chi connectivity index (χ4n) is 2.31. The fraction of sp³-hybridized carbons (Fsp3) is 0.923. The highest BCUT2D eigenvalue weighted by Gasteiger charge is 2.60. The van der Waals surface area contributed by atoms with Gasteiger partial charge < -0.3 is 0 Å². The number of nitrogens with one attached hydrogen (secondary N) is 1. The number of hydrogen-bond acceptors (Lipinski definition) is 2. The van der Waals surface area contributed by atoms with Gasteiger partial charge in [-0.1, -0.05) is 27.7 Å². The van der Waals surface area contributed by atoms with Crippen molar-refractivity contribution < 1.29 is 4.79 Å². The van der Waals surface area contributed by atoms with Crippen LogP contribution in [-0.4, -0.2) is 16.9 Å². The smallest absolute Gasteiger partial charge is 0.158 e. The van der Waals surface area contributed by atoms with E-state index in [-0.39, 0.29) is 16.5 Å². The molecule has 2 heteroatoms. The van der Waals surface area contributed by atoms with Gasteiger partial charge in [-0.05, 0) is 33.1 Å². The van der Waals surface area contributed by atoms with Crippen molar-refractivity contribution in [3.05, 3.63) is 0 Å². The minimum absolute atomic E-state index is 0.00563.